The first-order valence-electron chi connectivity index (χ1n) is 7.89. The maximum absolute atomic E-state index is 12.2. The molecule has 0 aliphatic heterocycles. The van der Waals surface area contributed by atoms with Crippen LogP contribution >= 0.6 is 0 Å². The lowest BCUT2D eigenvalue weighted by Crippen LogP contribution is -2.32. The molecule has 122 valence electrons. The van der Waals surface area contributed by atoms with Gasteiger partial charge in [0.25, 0.3) is 5.56 Å². The van der Waals surface area contributed by atoms with Gasteiger partial charge < -0.3 is 5.32 Å². The zero-order valence-electron chi connectivity index (χ0n) is 13.7. The third kappa shape index (κ3) is 2.93. The van der Waals surface area contributed by atoms with E-state index >= 15 is 0 Å². The Hall–Kier alpha value is -2.94. The molecule has 1 amide bonds. The lowest BCUT2D eigenvalue weighted by Gasteiger charge is -2.10. The van der Waals surface area contributed by atoms with Gasteiger partial charge in [-0.05, 0) is 61.9 Å². The summed E-state index contributed by atoms with van der Waals surface area (Å²) in [4.78, 5) is 24.4. The molecule has 1 N–H and O–H groups in total. The number of hydrogen-bond donors (Lipinski definition) is 1. The summed E-state index contributed by atoms with van der Waals surface area (Å²) in [5.41, 5.74) is 3.93. The number of hydrogen-bond acceptors (Lipinski definition) is 4. The van der Waals surface area contributed by atoms with Gasteiger partial charge in [0.1, 0.15) is 18.2 Å². The van der Waals surface area contributed by atoms with Crippen LogP contribution in [0.15, 0.2) is 23.0 Å². The molecule has 2 aromatic rings. The van der Waals surface area contributed by atoms with Crippen LogP contribution in [0.2, 0.25) is 0 Å². The van der Waals surface area contributed by atoms with E-state index in [-0.39, 0.29) is 18.0 Å². The van der Waals surface area contributed by atoms with Crippen molar-refractivity contribution >= 4 is 11.6 Å². The van der Waals surface area contributed by atoms with Gasteiger partial charge in [-0.1, -0.05) is 6.07 Å². The van der Waals surface area contributed by atoms with E-state index in [1.807, 2.05) is 24.3 Å². The second-order valence-corrected chi connectivity index (χ2v) is 6.05. The zero-order chi connectivity index (χ0) is 17.3. The number of carbonyl (C=O) groups excluding carboxylic acids is 1. The maximum atomic E-state index is 12.2. The smallest absolute Gasteiger partial charge is 0.285 e. The van der Waals surface area contributed by atoms with Crippen LogP contribution in [0, 0.1) is 25.2 Å². The van der Waals surface area contributed by atoms with Crippen molar-refractivity contribution in [2.75, 3.05) is 5.32 Å². The van der Waals surface area contributed by atoms with Crippen molar-refractivity contribution < 1.29 is 4.79 Å². The van der Waals surface area contributed by atoms with E-state index in [0.29, 0.717) is 11.3 Å². The first kappa shape index (κ1) is 15.9. The predicted octanol–water partition coefficient (Wildman–Crippen LogP) is 1.86. The van der Waals surface area contributed by atoms with Gasteiger partial charge in [-0.3, -0.25) is 9.59 Å². The number of nitriles is 1. The Balaban J connectivity index is 1.80. The largest absolute Gasteiger partial charge is 0.324 e. The van der Waals surface area contributed by atoms with Crippen molar-refractivity contribution in [2.24, 2.45) is 0 Å². The van der Waals surface area contributed by atoms with Crippen LogP contribution in [-0.2, 0) is 24.2 Å². The summed E-state index contributed by atoms with van der Waals surface area (Å²) in [6, 6.07) is 7.78. The van der Waals surface area contributed by atoms with Crippen LogP contribution in [0.4, 0.5) is 5.69 Å². The summed E-state index contributed by atoms with van der Waals surface area (Å²) in [7, 11) is 0. The molecule has 6 heteroatoms. The van der Waals surface area contributed by atoms with Gasteiger partial charge in [-0.15, -0.1) is 0 Å². The molecule has 0 spiro atoms. The third-order valence-electron chi connectivity index (χ3n) is 4.42. The molecule has 3 rings (SSSR count). The molecule has 24 heavy (non-hydrogen) atoms. The third-order valence-corrected chi connectivity index (χ3v) is 4.42. The van der Waals surface area contributed by atoms with Crippen molar-refractivity contribution in [3.05, 3.63) is 56.5 Å². The number of carbonyl (C=O) groups is 1. The molecular formula is C18H18N4O2. The summed E-state index contributed by atoms with van der Waals surface area (Å²) < 4.78 is 1.05. The Morgan fingerprint density at radius 1 is 1.33 bits per heavy atom. The Morgan fingerprint density at radius 3 is 2.83 bits per heavy atom. The number of fused-ring (bicyclic) bond motifs is 1. The van der Waals surface area contributed by atoms with Crippen LogP contribution < -0.4 is 10.9 Å². The highest BCUT2D eigenvalue weighted by molar-refractivity contribution is 5.90. The van der Waals surface area contributed by atoms with E-state index in [4.69, 9.17) is 5.26 Å². The standard InChI is InChI=1S/C18H18N4O2/c1-11-12(2)21-22(18(24)16(11)9-19)10-17(23)20-15-7-6-13-4-3-5-14(13)8-15/h6-8H,3-5,10H2,1-2H3,(H,20,23). The highest BCUT2D eigenvalue weighted by Crippen LogP contribution is 2.24. The minimum atomic E-state index is -0.537. The maximum Gasteiger partial charge on any atom is 0.285 e. The Kier molecular flexibility index (Phi) is 4.17. The molecule has 0 radical (unpaired) electrons. The van der Waals surface area contributed by atoms with E-state index in [0.717, 1.165) is 29.6 Å². The molecule has 0 saturated heterocycles. The quantitative estimate of drug-likeness (QED) is 0.934. The van der Waals surface area contributed by atoms with E-state index in [2.05, 4.69) is 10.4 Å². The second kappa shape index (κ2) is 6.28. The number of amides is 1. The van der Waals surface area contributed by atoms with Crippen LogP contribution in [0.1, 0.15) is 34.4 Å². The lowest BCUT2D eigenvalue weighted by atomic mass is 10.1. The van der Waals surface area contributed by atoms with E-state index < -0.39 is 5.56 Å². The van der Waals surface area contributed by atoms with Crippen molar-refractivity contribution in [1.82, 2.24) is 9.78 Å². The number of aryl methyl sites for hydroxylation is 3. The highest BCUT2D eigenvalue weighted by atomic mass is 16.2. The monoisotopic (exact) mass is 322 g/mol. The minimum Gasteiger partial charge on any atom is -0.324 e. The highest BCUT2D eigenvalue weighted by Gasteiger charge is 2.15. The van der Waals surface area contributed by atoms with Crippen molar-refractivity contribution in [3.63, 3.8) is 0 Å². The average molecular weight is 322 g/mol. The summed E-state index contributed by atoms with van der Waals surface area (Å²) in [5, 5.41) is 16.0. The Morgan fingerprint density at radius 2 is 2.08 bits per heavy atom. The first-order valence-corrected chi connectivity index (χ1v) is 7.89. The summed E-state index contributed by atoms with van der Waals surface area (Å²) in [6.07, 6.45) is 3.26. The van der Waals surface area contributed by atoms with Gasteiger partial charge in [0, 0.05) is 5.69 Å². The van der Waals surface area contributed by atoms with Crippen LogP contribution in [-0.4, -0.2) is 15.7 Å². The zero-order valence-corrected chi connectivity index (χ0v) is 13.7. The van der Waals surface area contributed by atoms with Gasteiger partial charge in [-0.25, -0.2) is 4.68 Å². The molecule has 0 fully saturated rings. The van der Waals surface area contributed by atoms with E-state index in [1.165, 1.54) is 11.1 Å². The fourth-order valence-corrected chi connectivity index (χ4v) is 3.00. The van der Waals surface area contributed by atoms with Crippen LogP contribution in [0.25, 0.3) is 0 Å². The molecule has 1 aliphatic carbocycles. The molecular weight excluding hydrogens is 304 g/mol. The van der Waals surface area contributed by atoms with Gasteiger partial charge >= 0.3 is 0 Å². The normalized spacial score (nSPS) is 12.5. The molecule has 0 atom stereocenters. The lowest BCUT2D eigenvalue weighted by molar-refractivity contribution is -0.117. The number of rotatable bonds is 3. The first-order chi connectivity index (χ1) is 11.5. The summed E-state index contributed by atoms with van der Waals surface area (Å²) in [6.45, 7) is 3.17. The number of benzene rings is 1. The second-order valence-electron chi connectivity index (χ2n) is 6.05. The van der Waals surface area contributed by atoms with Gasteiger partial charge in [-0.2, -0.15) is 10.4 Å². The number of aromatic nitrogens is 2. The Labute approximate surface area is 139 Å². The van der Waals surface area contributed by atoms with Crippen molar-refractivity contribution in [1.29, 1.82) is 5.26 Å². The van der Waals surface area contributed by atoms with Gasteiger partial charge in [0.2, 0.25) is 5.91 Å². The van der Waals surface area contributed by atoms with Crippen LogP contribution in [0.3, 0.4) is 0 Å². The molecule has 0 unspecified atom stereocenters. The number of nitrogens with one attached hydrogen (secondary N) is 1. The number of anilines is 1. The average Bonchev–Trinajstić information content (AvgIpc) is 3.01. The fraction of sp³-hybridized carbons (Fsp3) is 0.333. The van der Waals surface area contributed by atoms with Crippen LogP contribution in [0.5, 0.6) is 0 Å². The van der Waals surface area contributed by atoms with E-state index in [1.54, 1.807) is 13.8 Å². The number of nitrogens with zero attached hydrogens (tertiary/aromatic N) is 3. The van der Waals surface area contributed by atoms with Gasteiger partial charge in [0.05, 0.1) is 5.69 Å². The molecule has 1 heterocycles. The predicted molar refractivity (Wildman–Crippen MR) is 89.8 cm³/mol. The summed E-state index contributed by atoms with van der Waals surface area (Å²) in [5.74, 6) is -0.338. The summed E-state index contributed by atoms with van der Waals surface area (Å²) >= 11 is 0. The van der Waals surface area contributed by atoms with Crippen molar-refractivity contribution in [3.8, 4) is 6.07 Å². The minimum absolute atomic E-state index is 0.0350. The van der Waals surface area contributed by atoms with E-state index in [9.17, 15) is 9.59 Å². The Bertz CT molecular complexity index is 922. The molecule has 0 saturated carbocycles. The topological polar surface area (TPSA) is 87.8 Å². The molecule has 1 aromatic carbocycles. The SMILES string of the molecule is Cc1nn(CC(=O)Nc2ccc3c(c2)CCC3)c(=O)c(C#N)c1C. The van der Waals surface area contributed by atoms with Crippen molar-refractivity contribution in [2.45, 2.75) is 39.7 Å². The molecule has 1 aromatic heterocycles. The molecule has 0 bridgehead atoms. The molecule has 6 nitrogen and oxygen atoms in total. The fourth-order valence-electron chi connectivity index (χ4n) is 3.00. The van der Waals surface area contributed by atoms with Gasteiger partial charge in [0.15, 0.2) is 0 Å². The molecule has 1 aliphatic rings.